The van der Waals surface area contributed by atoms with Crippen LogP contribution in [0.1, 0.15) is 19.5 Å². The van der Waals surface area contributed by atoms with E-state index in [-0.39, 0.29) is 0 Å². The van der Waals surface area contributed by atoms with Gasteiger partial charge >= 0.3 is 0 Å². The van der Waals surface area contributed by atoms with E-state index < -0.39 is 0 Å². The lowest BCUT2D eigenvalue weighted by Crippen LogP contribution is -1.92. The maximum absolute atomic E-state index is 4.33. The molecule has 1 aromatic carbocycles. The number of hydrogen-bond donors (Lipinski definition) is 0. The monoisotopic (exact) mass is 198 g/mol. The minimum absolute atomic E-state index is 0.318. The molecule has 0 bridgehead atoms. The van der Waals surface area contributed by atoms with E-state index in [1.165, 1.54) is 10.8 Å². The molecule has 2 heteroatoms. The average Bonchev–Trinajstić information content (AvgIpc) is 2.26. The highest BCUT2D eigenvalue weighted by Gasteiger charge is 1.94. The summed E-state index contributed by atoms with van der Waals surface area (Å²) >= 11 is 0. The molecule has 0 saturated carbocycles. The Kier molecular flexibility index (Phi) is 2.77. The van der Waals surface area contributed by atoms with Gasteiger partial charge in [-0.3, -0.25) is 9.98 Å². The molecule has 76 valence electrons. The highest BCUT2D eigenvalue weighted by Crippen LogP contribution is 2.12. The van der Waals surface area contributed by atoms with Gasteiger partial charge in [-0.2, -0.15) is 0 Å². The highest BCUT2D eigenvalue weighted by atomic mass is 14.8. The number of fused-ring (bicyclic) bond motifs is 1. The zero-order valence-corrected chi connectivity index (χ0v) is 9.01. The van der Waals surface area contributed by atoms with Crippen LogP contribution in [0.5, 0.6) is 0 Å². The van der Waals surface area contributed by atoms with Crippen molar-refractivity contribution in [3.8, 4) is 0 Å². The van der Waals surface area contributed by atoms with Gasteiger partial charge in [-0.25, -0.2) is 0 Å². The van der Waals surface area contributed by atoms with Gasteiger partial charge in [0.2, 0.25) is 0 Å². The molecule has 0 N–H and O–H groups in total. The minimum Gasteiger partial charge on any atom is -0.288 e. The Bertz CT molecular complexity index is 487. The van der Waals surface area contributed by atoms with Crippen molar-refractivity contribution in [3.05, 3.63) is 42.2 Å². The second kappa shape index (κ2) is 4.22. The number of benzene rings is 1. The van der Waals surface area contributed by atoms with Gasteiger partial charge in [0.05, 0.1) is 5.69 Å². The Labute approximate surface area is 89.7 Å². The first-order valence-electron chi connectivity index (χ1n) is 5.13. The minimum atomic E-state index is 0.318. The molecule has 1 heterocycles. The summed E-state index contributed by atoms with van der Waals surface area (Å²) in [7, 11) is 0. The van der Waals surface area contributed by atoms with E-state index in [0.29, 0.717) is 6.04 Å². The van der Waals surface area contributed by atoms with Gasteiger partial charge in [0.1, 0.15) is 0 Å². The van der Waals surface area contributed by atoms with E-state index in [9.17, 15) is 0 Å². The second-order valence-electron chi connectivity index (χ2n) is 3.83. The van der Waals surface area contributed by atoms with Crippen molar-refractivity contribution in [1.82, 2.24) is 4.98 Å². The molecule has 0 aliphatic heterocycles. The lowest BCUT2D eigenvalue weighted by molar-refractivity contribution is 0.840. The van der Waals surface area contributed by atoms with Crippen LogP contribution < -0.4 is 0 Å². The van der Waals surface area contributed by atoms with E-state index in [1.807, 2.05) is 24.5 Å². The number of aromatic nitrogens is 1. The maximum atomic E-state index is 4.33. The number of aliphatic imine (C=N–C) groups is 1. The summed E-state index contributed by atoms with van der Waals surface area (Å²) in [6.45, 7) is 4.11. The lowest BCUT2D eigenvalue weighted by Gasteiger charge is -1.99. The smallest absolute Gasteiger partial charge is 0.0814 e. The molecule has 0 saturated heterocycles. The van der Waals surface area contributed by atoms with Crippen LogP contribution in [-0.4, -0.2) is 17.2 Å². The third-order valence-electron chi connectivity index (χ3n) is 2.16. The van der Waals surface area contributed by atoms with E-state index in [4.69, 9.17) is 0 Å². The fourth-order valence-corrected chi connectivity index (χ4v) is 1.40. The SMILES string of the molecule is CC(C)N=Cc1cc2ccccc2cn1. The summed E-state index contributed by atoms with van der Waals surface area (Å²) in [6.07, 6.45) is 3.72. The molecule has 0 spiro atoms. The van der Waals surface area contributed by atoms with Crippen molar-refractivity contribution in [2.45, 2.75) is 19.9 Å². The van der Waals surface area contributed by atoms with Crippen LogP contribution in [0.4, 0.5) is 0 Å². The molecule has 0 fully saturated rings. The van der Waals surface area contributed by atoms with Crippen molar-refractivity contribution >= 4 is 17.0 Å². The van der Waals surface area contributed by atoms with Gasteiger partial charge in [0, 0.05) is 23.8 Å². The predicted octanol–water partition coefficient (Wildman–Crippen LogP) is 3.06. The first-order valence-corrected chi connectivity index (χ1v) is 5.13. The van der Waals surface area contributed by atoms with Gasteiger partial charge in [-0.05, 0) is 25.3 Å². The van der Waals surface area contributed by atoms with Gasteiger partial charge in [0.15, 0.2) is 0 Å². The van der Waals surface area contributed by atoms with Crippen LogP contribution in [0.3, 0.4) is 0 Å². The first kappa shape index (κ1) is 9.84. The quantitative estimate of drug-likeness (QED) is 0.681. The number of nitrogens with zero attached hydrogens (tertiary/aromatic N) is 2. The molecule has 2 aromatic rings. The van der Waals surface area contributed by atoms with E-state index in [0.717, 1.165) is 5.69 Å². The Morgan fingerprint density at radius 2 is 1.93 bits per heavy atom. The zero-order chi connectivity index (χ0) is 10.7. The predicted molar refractivity (Wildman–Crippen MR) is 64.5 cm³/mol. The topological polar surface area (TPSA) is 25.2 Å². The van der Waals surface area contributed by atoms with Gasteiger partial charge < -0.3 is 0 Å². The molecule has 0 radical (unpaired) electrons. The van der Waals surface area contributed by atoms with Crippen LogP contribution in [0.2, 0.25) is 0 Å². The summed E-state index contributed by atoms with van der Waals surface area (Å²) in [5.41, 5.74) is 0.919. The number of rotatable bonds is 2. The Morgan fingerprint density at radius 1 is 1.20 bits per heavy atom. The van der Waals surface area contributed by atoms with Crippen molar-refractivity contribution in [2.75, 3.05) is 0 Å². The third-order valence-corrected chi connectivity index (χ3v) is 2.16. The molecule has 0 atom stereocenters. The largest absolute Gasteiger partial charge is 0.288 e. The fraction of sp³-hybridized carbons (Fsp3) is 0.231. The van der Waals surface area contributed by atoms with Gasteiger partial charge in [-0.1, -0.05) is 24.3 Å². The molecular formula is C13H14N2. The summed E-state index contributed by atoms with van der Waals surface area (Å²) < 4.78 is 0. The molecule has 2 nitrogen and oxygen atoms in total. The highest BCUT2D eigenvalue weighted by molar-refractivity contribution is 5.87. The summed E-state index contributed by atoms with van der Waals surface area (Å²) in [4.78, 5) is 8.64. The Hall–Kier alpha value is -1.70. The maximum Gasteiger partial charge on any atom is 0.0814 e. The van der Waals surface area contributed by atoms with E-state index in [1.54, 1.807) is 0 Å². The van der Waals surface area contributed by atoms with Crippen LogP contribution in [0.15, 0.2) is 41.5 Å². The first-order chi connectivity index (χ1) is 7.25. The van der Waals surface area contributed by atoms with E-state index in [2.05, 4.69) is 42.0 Å². The van der Waals surface area contributed by atoms with Crippen LogP contribution >= 0.6 is 0 Å². The fourth-order valence-electron chi connectivity index (χ4n) is 1.40. The molecule has 0 amide bonds. The van der Waals surface area contributed by atoms with Crippen molar-refractivity contribution in [2.24, 2.45) is 4.99 Å². The summed E-state index contributed by atoms with van der Waals surface area (Å²) in [6, 6.07) is 10.6. The number of pyridine rings is 1. The molecular weight excluding hydrogens is 184 g/mol. The Balaban J connectivity index is 2.39. The van der Waals surface area contributed by atoms with Crippen molar-refractivity contribution in [3.63, 3.8) is 0 Å². The summed E-state index contributed by atoms with van der Waals surface area (Å²) in [5.74, 6) is 0. The molecule has 0 unspecified atom stereocenters. The molecule has 2 rings (SSSR count). The summed E-state index contributed by atoms with van der Waals surface area (Å²) in [5, 5.41) is 2.37. The molecule has 15 heavy (non-hydrogen) atoms. The second-order valence-corrected chi connectivity index (χ2v) is 3.83. The molecule has 0 aliphatic rings. The van der Waals surface area contributed by atoms with Crippen LogP contribution in [0.25, 0.3) is 10.8 Å². The van der Waals surface area contributed by atoms with Crippen LogP contribution in [0, 0.1) is 0 Å². The average molecular weight is 198 g/mol. The Morgan fingerprint density at radius 3 is 2.67 bits per heavy atom. The zero-order valence-electron chi connectivity index (χ0n) is 9.01. The van der Waals surface area contributed by atoms with Gasteiger partial charge in [0.25, 0.3) is 0 Å². The lowest BCUT2D eigenvalue weighted by atomic mass is 10.1. The standard InChI is InChI=1S/C13H14N2/c1-10(2)14-9-13-7-11-5-3-4-6-12(11)8-15-13/h3-10H,1-2H3. The molecule has 0 aliphatic carbocycles. The number of hydrogen-bond acceptors (Lipinski definition) is 2. The van der Waals surface area contributed by atoms with E-state index >= 15 is 0 Å². The third kappa shape index (κ3) is 2.40. The molecule has 1 aromatic heterocycles. The van der Waals surface area contributed by atoms with Gasteiger partial charge in [-0.15, -0.1) is 0 Å². The van der Waals surface area contributed by atoms with Crippen molar-refractivity contribution in [1.29, 1.82) is 0 Å². The van der Waals surface area contributed by atoms with Crippen molar-refractivity contribution < 1.29 is 0 Å². The van der Waals surface area contributed by atoms with Crippen LogP contribution in [-0.2, 0) is 0 Å². The normalized spacial score (nSPS) is 11.7.